The van der Waals surface area contributed by atoms with Gasteiger partial charge in [-0.05, 0) is 25.0 Å². The van der Waals surface area contributed by atoms with Gasteiger partial charge in [0.2, 0.25) is 5.88 Å². The molecule has 12 heavy (non-hydrogen) atoms. The summed E-state index contributed by atoms with van der Waals surface area (Å²) in [6.45, 7) is 3.24. The average molecular weight is 169 g/mol. The van der Waals surface area contributed by atoms with Crippen LogP contribution in [0.4, 0.5) is 4.39 Å². The molecule has 0 saturated heterocycles. The number of hydrogen-bond acceptors (Lipinski definition) is 2. The number of ether oxygens (including phenoxy) is 1. The maximum absolute atomic E-state index is 12.4. The summed E-state index contributed by atoms with van der Waals surface area (Å²) in [5.41, 5.74) is 2.37. The quantitative estimate of drug-likeness (QED) is 0.677. The topological polar surface area (TPSA) is 22.1 Å². The molecule has 1 aromatic heterocycles. The van der Waals surface area contributed by atoms with Crippen LogP contribution in [-0.2, 0) is 6.67 Å². The molecule has 0 bridgehead atoms. The van der Waals surface area contributed by atoms with Crippen molar-refractivity contribution in [2.24, 2.45) is 0 Å². The predicted molar refractivity (Wildman–Crippen MR) is 45.1 cm³/mol. The molecule has 0 aromatic carbocycles. The molecular formula is C9H12FNO. The van der Waals surface area contributed by atoms with Crippen molar-refractivity contribution in [1.82, 2.24) is 4.98 Å². The summed E-state index contributed by atoms with van der Waals surface area (Å²) >= 11 is 0. The lowest BCUT2D eigenvalue weighted by Crippen LogP contribution is -1.96. The fourth-order valence-corrected chi connectivity index (χ4v) is 1.01. The zero-order chi connectivity index (χ0) is 9.14. The Kier molecular flexibility index (Phi) is 2.63. The second kappa shape index (κ2) is 3.52. The van der Waals surface area contributed by atoms with Crippen molar-refractivity contribution in [3.8, 4) is 5.88 Å². The van der Waals surface area contributed by atoms with Crippen LogP contribution in [0.1, 0.15) is 16.8 Å². The van der Waals surface area contributed by atoms with Gasteiger partial charge in [0.25, 0.3) is 0 Å². The fourth-order valence-electron chi connectivity index (χ4n) is 1.01. The number of pyridine rings is 1. The van der Waals surface area contributed by atoms with Gasteiger partial charge in [0, 0.05) is 11.8 Å². The third-order valence-electron chi connectivity index (χ3n) is 1.95. The molecule has 1 heterocycles. The molecule has 0 unspecified atom stereocenters. The first-order chi connectivity index (χ1) is 5.69. The van der Waals surface area contributed by atoms with Crippen LogP contribution in [0, 0.1) is 13.8 Å². The van der Waals surface area contributed by atoms with Gasteiger partial charge in [0.15, 0.2) is 0 Å². The summed E-state index contributed by atoms with van der Waals surface area (Å²) in [4.78, 5) is 4.11. The van der Waals surface area contributed by atoms with Gasteiger partial charge >= 0.3 is 0 Å². The number of methoxy groups -OCH3 is 1. The van der Waals surface area contributed by atoms with Crippen LogP contribution in [0.3, 0.4) is 0 Å². The van der Waals surface area contributed by atoms with Crippen molar-refractivity contribution >= 4 is 0 Å². The third-order valence-corrected chi connectivity index (χ3v) is 1.95. The molecule has 2 nitrogen and oxygen atoms in total. The molecule has 1 rings (SSSR count). The number of rotatable bonds is 2. The van der Waals surface area contributed by atoms with Crippen molar-refractivity contribution < 1.29 is 9.13 Å². The van der Waals surface area contributed by atoms with Gasteiger partial charge in [-0.15, -0.1) is 0 Å². The molecule has 3 heteroatoms. The summed E-state index contributed by atoms with van der Waals surface area (Å²) in [6.07, 6.45) is 0. The van der Waals surface area contributed by atoms with E-state index in [9.17, 15) is 4.39 Å². The Bertz CT molecular complexity index is 286. The molecule has 0 spiro atoms. The molecular weight excluding hydrogens is 157 g/mol. The molecule has 0 amide bonds. The van der Waals surface area contributed by atoms with Crippen LogP contribution in [0.15, 0.2) is 6.07 Å². The monoisotopic (exact) mass is 169 g/mol. The van der Waals surface area contributed by atoms with E-state index in [1.54, 1.807) is 6.07 Å². The number of hydrogen-bond donors (Lipinski definition) is 0. The fraction of sp³-hybridized carbons (Fsp3) is 0.444. The highest BCUT2D eigenvalue weighted by atomic mass is 19.1. The lowest BCUT2D eigenvalue weighted by atomic mass is 10.1. The molecule has 0 aliphatic rings. The summed E-state index contributed by atoms with van der Waals surface area (Å²) in [5.74, 6) is 0.478. The number of nitrogens with zero attached hydrogens (tertiary/aromatic N) is 1. The minimum atomic E-state index is -0.467. The molecule has 0 aliphatic carbocycles. The highest BCUT2D eigenvalue weighted by Gasteiger charge is 2.05. The van der Waals surface area contributed by atoms with Gasteiger partial charge < -0.3 is 4.74 Å². The van der Waals surface area contributed by atoms with Crippen molar-refractivity contribution in [1.29, 1.82) is 0 Å². The van der Waals surface area contributed by atoms with E-state index in [2.05, 4.69) is 4.98 Å². The van der Waals surface area contributed by atoms with Crippen LogP contribution < -0.4 is 4.74 Å². The molecule has 0 saturated carbocycles. The Morgan fingerprint density at radius 2 is 2.17 bits per heavy atom. The van der Waals surface area contributed by atoms with E-state index in [0.717, 1.165) is 11.3 Å². The van der Waals surface area contributed by atoms with E-state index in [1.807, 2.05) is 13.8 Å². The maximum Gasteiger partial charge on any atom is 0.213 e. The van der Waals surface area contributed by atoms with Crippen LogP contribution >= 0.6 is 0 Å². The molecule has 0 aliphatic heterocycles. The summed E-state index contributed by atoms with van der Waals surface area (Å²) in [5, 5.41) is 0. The Morgan fingerprint density at radius 1 is 1.50 bits per heavy atom. The first-order valence-electron chi connectivity index (χ1n) is 3.76. The number of aryl methyl sites for hydroxylation is 1. The van der Waals surface area contributed by atoms with Crippen LogP contribution in [-0.4, -0.2) is 12.1 Å². The highest BCUT2D eigenvalue weighted by molar-refractivity contribution is 5.32. The second-order valence-electron chi connectivity index (χ2n) is 2.67. The zero-order valence-corrected chi connectivity index (χ0v) is 7.52. The van der Waals surface area contributed by atoms with E-state index in [4.69, 9.17) is 4.74 Å². The standard InChI is InChI=1S/C9H12FNO/c1-6-7(2)11-9(12-3)4-8(6)5-10/h4H,5H2,1-3H3. The van der Waals surface area contributed by atoms with Gasteiger partial charge in [-0.3, -0.25) is 0 Å². The Morgan fingerprint density at radius 3 is 2.67 bits per heavy atom. The second-order valence-corrected chi connectivity index (χ2v) is 2.67. The first-order valence-corrected chi connectivity index (χ1v) is 3.76. The minimum absolute atomic E-state index is 0.467. The van der Waals surface area contributed by atoms with Gasteiger partial charge in [-0.25, -0.2) is 9.37 Å². The Balaban J connectivity index is 3.19. The maximum atomic E-state index is 12.4. The van der Waals surface area contributed by atoms with Crippen LogP contribution in [0.25, 0.3) is 0 Å². The van der Waals surface area contributed by atoms with Gasteiger partial charge in [0.1, 0.15) is 6.67 Å². The molecule has 0 N–H and O–H groups in total. The van der Waals surface area contributed by atoms with Crippen molar-refractivity contribution in [2.75, 3.05) is 7.11 Å². The van der Waals surface area contributed by atoms with Crippen LogP contribution in [0.5, 0.6) is 5.88 Å². The smallest absolute Gasteiger partial charge is 0.213 e. The highest BCUT2D eigenvalue weighted by Crippen LogP contribution is 2.18. The van der Waals surface area contributed by atoms with E-state index >= 15 is 0 Å². The predicted octanol–water partition coefficient (Wildman–Crippen LogP) is 2.18. The molecule has 0 fully saturated rings. The largest absolute Gasteiger partial charge is 0.481 e. The number of halogens is 1. The molecule has 1 aromatic rings. The third kappa shape index (κ3) is 1.55. The Labute approximate surface area is 71.4 Å². The van der Waals surface area contributed by atoms with Crippen molar-refractivity contribution in [2.45, 2.75) is 20.5 Å². The normalized spacial score (nSPS) is 10.0. The molecule has 0 atom stereocenters. The number of aromatic nitrogens is 1. The molecule has 0 radical (unpaired) electrons. The lowest BCUT2D eigenvalue weighted by Gasteiger charge is -2.07. The van der Waals surface area contributed by atoms with Crippen molar-refractivity contribution in [3.05, 3.63) is 22.9 Å². The van der Waals surface area contributed by atoms with Crippen molar-refractivity contribution in [3.63, 3.8) is 0 Å². The molecule has 66 valence electrons. The van der Waals surface area contributed by atoms with E-state index in [1.165, 1.54) is 7.11 Å². The zero-order valence-electron chi connectivity index (χ0n) is 7.52. The van der Waals surface area contributed by atoms with E-state index < -0.39 is 6.67 Å². The average Bonchev–Trinajstić information content (AvgIpc) is 2.09. The SMILES string of the molecule is COc1cc(CF)c(C)c(C)n1. The summed E-state index contributed by atoms with van der Waals surface area (Å²) in [6, 6.07) is 1.63. The Hall–Kier alpha value is -1.12. The van der Waals surface area contributed by atoms with Gasteiger partial charge in [0.05, 0.1) is 7.11 Å². The lowest BCUT2D eigenvalue weighted by molar-refractivity contribution is 0.393. The summed E-state index contributed by atoms with van der Waals surface area (Å²) in [7, 11) is 1.53. The van der Waals surface area contributed by atoms with E-state index in [-0.39, 0.29) is 0 Å². The van der Waals surface area contributed by atoms with Gasteiger partial charge in [-0.2, -0.15) is 0 Å². The van der Waals surface area contributed by atoms with Crippen LogP contribution in [0.2, 0.25) is 0 Å². The van der Waals surface area contributed by atoms with E-state index in [0.29, 0.717) is 11.4 Å². The first kappa shape index (κ1) is 8.97. The summed E-state index contributed by atoms with van der Waals surface area (Å²) < 4.78 is 17.3. The van der Waals surface area contributed by atoms with Gasteiger partial charge in [-0.1, -0.05) is 0 Å². The number of alkyl halides is 1. The minimum Gasteiger partial charge on any atom is -0.481 e.